The maximum atomic E-state index is 11.1. The molecule has 0 unspecified atom stereocenters. The largest absolute Gasteiger partial charge is 0.417 e. The summed E-state index contributed by atoms with van der Waals surface area (Å²) in [5.74, 6) is -0.456. The molecule has 0 aliphatic carbocycles. The number of aliphatic hydroxyl groups is 1. The van der Waals surface area contributed by atoms with E-state index in [2.05, 4.69) is 15.4 Å². The second kappa shape index (κ2) is 5.22. The molecule has 0 atom stereocenters. The predicted octanol–water partition coefficient (Wildman–Crippen LogP) is 0.922. The van der Waals surface area contributed by atoms with Gasteiger partial charge in [-0.3, -0.25) is 9.67 Å². The molecule has 2 aromatic heterocycles. The number of hydrogen-bond acceptors (Lipinski definition) is 5. The van der Waals surface area contributed by atoms with Crippen molar-refractivity contribution in [1.29, 1.82) is 0 Å². The zero-order valence-corrected chi connectivity index (χ0v) is 10.7. The Morgan fingerprint density at radius 3 is 3.20 bits per heavy atom. The van der Waals surface area contributed by atoms with Gasteiger partial charge in [0.15, 0.2) is 5.58 Å². The Hall–Kier alpha value is -2.54. The first-order chi connectivity index (χ1) is 9.74. The minimum Gasteiger partial charge on any atom is -0.408 e. The smallest absolute Gasteiger partial charge is 0.408 e. The number of oxazole rings is 1. The average Bonchev–Trinajstić information content (AvgIpc) is 3.01. The lowest BCUT2D eigenvalue weighted by atomic mass is 10.2. The van der Waals surface area contributed by atoms with Crippen molar-refractivity contribution in [1.82, 2.24) is 14.8 Å². The Balaban J connectivity index is 1.70. The fraction of sp³-hybridized carbons (Fsp3) is 0.231. The fourth-order valence-electron chi connectivity index (χ4n) is 1.99. The number of nitrogens with one attached hydrogen (secondary N) is 2. The van der Waals surface area contributed by atoms with Gasteiger partial charge < -0.3 is 14.8 Å². The lowest BCUT2D eigenvalue weighted by molar-refractivity contribution is 0.269. The van der Waals surface area contributed by atoms with E-state index in [1.54, 1.807) is 16.9 Å². The summed E-state index contributed by atoms with van der Waals surface area (Å²) in [5.41, 5.74) is 3.09. The molecule has 0 amide bonds. The second-order valence-electron chi connectivity index (χ2n) is 4.41. The number of fused-ring (bicyclic) bond motifs is 1. The van der Waals surface area contributed by atoms with Crippen molar-refractivity contribution in [2.45, 2.75) is 13.1 Å². The SMILES string of the molecule is O=c1[nH]c2cc(NCc3cnn(CCO)c3)ccc2o1. The van der Waals surface area contributed by atoms with Crippen molar-refractivity contribution >= 4 is 16.8 Å². The van der Waals surface area contributed by atoms with Gasteiger partial charge in [-0.05, 0) is 18.2 Å². The van der Waals surface area contributed by atoms with Crippen LogP contribution in [0.2, 0.25) is 0 Å². The van der Waals surface area contributed by atoms with E-state index in [4.69, 9.17) is 9.52 Å². The minimum absolute atomic E-state index is 0.0685. The fourth-order valence-corrected chi connectivity index (χ4v) is 1.99. The van der Waals surface area contributed by atoms with Crippen LogP contribution in [0.5, 0.6) is 0 Å². The van der Waals surface area contributed by atoms with Crippen LogP contribution in [0.4, 0.5) is 5.69 Å². The highest BCUT2D eigenvalue weighted by atomic mass is 16.4. The summed E-state index contributed by atoms with van der Waals surface area (Å²) in [7, 11) is 0. The van der Waals surface area contributed by atoms with Crippen LogP contribution in [0.25, 0.3) is 11.1 Å². The molecule has 0 spiro atoms. The van der Waals surface area contributed by atoms with Crippen molar-refractivity contribution in [3.63, 3.8) is 0 Å². The zero-order valence-electron chi connectivity index (χ0n) is 10.7. The Morgan fingerprint density at radius 1 is 1.45 bits per heavy atom. The predicted molar refractivity (Wildman–Crippen MR) is 73.5 cm³/mol. The van der Waals surface area contributed by atoms with Gasteiger partial charge in [0.25, 0.3) is 0 Å². The highest BCUT2D eigenvalue weighted by Crippen LogP contribution is 2.16. The summed E-state index contributed by atoms with van der Waals surface area (Å²) in [4.78, 5) is 13.7. The third-order valence-electron chi connectivity index (χ3n) is 2.93. The Kier molecular flexibility index (Phi) is 3.26. The average molecular weight is 274 g/mol. The van der Waals surface area contributed by atoms with Gasteiger partial charge in [0, 0.05) is 24.0 Å². The number of hydrogen-bond donors (Lipinski definition) is 3. The first-order valence-corrected chi connectivity index (χ1v) is 6.23. The van der Waals surface area contributed by atoms with Crippen molar-refractivity contribution in [2.75, 3.05) is 11.9 Å². The third kappa shape index (κ3) is 2.57. The van der Waals surface area contributed by atoms with Gasteiger partial charge in [-0.2, -0.15) is 5.10 Å². The van der Waals surface area contributed by atoms with Gasteiger partial charge in [-0.25, -0.2) is 4.79 Å². The van der Waals surface area contributed by atoms with Crippen molar-refractivity contribution in [2.24, 2.45) is 0 Å². The van der Waals surface area contributed by atoms with Crippen LogP contribution < -0.4 is 11.1 Å². The molecule has 3 N–H and O–H groups in total. The van der Waals surface area contributed by atoms with Crippen LogP contribution in [0, 0.1) is 0 Å². The molecule has 3 aromatic rings. The molecule has 1 aromatic carbocycles. The molecule has 104 valence electrons. The van der Waals surface area contributed by atoms with E-state index in [1.807, 2.05) is 18.3 Å². The molecule has 0 saturated carbocycles. The summed E-state index contributed by atoms with van der Waals surface area (Å²) < 4.78 is 6.63. The lowest BCUT2D eigenvalue weighted by Crippen LogP contribution is -2.02. The van der Waals surface area contributed by atoms with Crippen LogP contribution in [-0.2, 0) is 13.1 Å². The maximum Gasteiger partial charge on any atom is 0.417 e. The molecule has 0 bridgehead atoms. The number of anilines is 1. The van der Waals surface area contributed by atoms with Crippen LogP contribution in [-0.4, -0.2) is 26.5 Å². The summed E-state index contributed by atoms with van der Waals surface area (Å²) in [6, 6.07) is 5.40. The topological polar surface area (TPSA) is 96.1 Å². The first-order valence-electron chi connectivity index (χ1n) is 6.23. The number of rotatable bonds is 5. The van der Waals surface area contributed by atoms with Gasteiger partial charge in [-0.1, -0.05) is 0 Å². The molecule has 0 fully saturated rings. The molecule has 3 rings (SSSR count). The molecule has 0 aliphatic heterocycles. The number of H-pyrrole nitrogens is 1. The number of nitrogens with zero attached hydrogens (tertiary/aromatic N) is 2. The number of aliphatic hydroxyl groups excluding tert-OH is 1. The minimum atomic E-state index is -0.456. The summed E-state index contributed by atoms with van der Waals surface area (Å²) in [6.07, 6.45) is 3.63. The normalized spacial score (nSPS) is 11.1. The second-order valence-corrected chi connectivity index (χ2v) is 4.41. The number of aromatic nitrogens is 3. The highest BCUT2D eigenvalue weighted by Gasteiger charge is 2.03. The monoisotopic (exact) mass is 274 g/mol. The van der Waals surface area contributed by atoms with E-state index >= 15 is 0 Å². The van der Waals surface area contributed by atoms with E-state index in [9.17, 15) is 4.79 Å². The molecule has 2 heterocycles. The number of aromatic amines is 1. The Bertz CT molecular complexity index is 771. The van der Waals surface area contributed by atoms with E-state index in [1.165, 1.54) is 0 Å². The van der Waals surface area contributed by atoms with E-state index in [-0.39, 0.29) is 6.61 Å². The van der Waals surface area contributed by atoms with Crippen molar-refractivity contribution in [3.05, 3.63) is 46.7 Å². The Labute approximate surface area is 113 Å². The molecular weight excluding hydrogens is 260 g/mol. The zero-order chi connectivity index (χ0) is 13.9. The molecule has 20 heavy (non-hydrogen) atoms. The van der Waals surface area contributed by atoms with E-state index < -0.39 is 5.76 Å². The van der Waals surface area contributed by atoms with Crippen LogP contribution >= 0.6 is 0 Å². The molecule has 0 aliphatic rings. The van der Waals surface area contributed by atoms with Gasteiger partial charge in [0.05, 0.1) is 24.9 Å². The lowest BCUT2D eigenvalue weighted by Gasteiger charge is -2.04. The first kappa shape index (κ1) is 12.5. The van der Waals surface area contributed by atoms with Crippen LogP contribution in [0.3, 0.4) is 0 Å². The van der Waals surface area contributed by atoms with E-state index in [0.29, 0.717) is 24.2 Å². The summed E-state index contributed by atoms with van der Waals surface area (Å²) in [6.45, 7) is 1.17. The summed E-state index contributed by atoms with van der Waals surface area (Å²) >= 11 is 0. The van der Waals surface area contributed by atoms with Crippen LogP contribution in [0.1, 0.15) is 5.56 Å². The van der Waals surface area contributed by atoms with Gasteiger partial charge in [0.1, 0.15) is 0 Å². The third-order valence-corrected chi connectivity index (χ3v) is 2.93. The molecular formula is C13H14N4O3. The molecule has 0 radical (unpaired) electrons. The highest BCUT2D eigenvalue weighted by molar-refractivity contribution is 5.76. The van der Waals surface area contributed by atoms with Crippen molar-refractivity contribution < 1.29 is 9.52 Å². The van der Waals surface area contributed by atoms with Gasteiger partial charge in [-0.15, -0.1) is 0 Å². The molecule has 0 saturated heterocycles. The van der Waals surface area contributed by atoms with Gasteiger partial charge in [0.2, 0.25) is 0 Å². The maximum absolute atomic E-state index is 11.1. The van der Waals surface area contributed by atoms with Crippen molar-refractivity contribution in [3.8, 4) is 0 Å². The standard InChI is InChI=1S/C13H14N4O3/c18-4-3-17-8-9(7-15-17)6-14-10-1-2-12-11(5-10)16-13(19)20-12/h1-2,5,7-8,14,18H,3-4,6H2,(H,16,19). The molecule has 7 nitrogen and oxygen atoms in total. The summed E-state index contributed by atoms with van der Waals surface area (Å²) in [5, 5.41) is 16.2. The van der Waals surface area contributed by atoms with Gasteiger partial charge >= 0.3 is 5.76 Å². The quantitative estimate of drug-likeness (QED) is 0.643. The van der Waals surface area contributed by atoms with Crippen LogP contribution in [0.15, 0.2) is 39.8 Å². The Morgan fingerprint density at radius 2 is 2.35 bits per heavy atom. The molecule has 7 heteroatoms. The number of benzene rings is 1. The van der Waals surface area contributed by atoms with E-state index in [0.717, 1.165) is 11.3 Å².